The number of amides is 1. The van der Waals surface area contributed by atoms with E-state index in [-0.39, 0.29) is 24.2 Å². The number of aromatic nitrogens is 2. The highest BCUT2D eigenvalue weighted by Gasteiger charge is 2.17. The molecule has 2 aromatic rings. The third-order valence-electron chi connectivity index (χ3n) is 4.74. The largest absolute Gasteiger partial charge is 0.378 e. The summed E-state index contributed by atoms with van der Waals surface area (Å²) in [5, 5.41) is 7.33. The molecule has 146 valence electrons. The Morgan fingerprint density at radius 3 is 2.67 bits per heavy atom. The van der Waals surface area contributed by atoms with Crippen LogP contribution in [0.1, 0.15) is 48.4 Å². The zero-order chi connectivity index (χ0) is 19.4. The molecule has 0 spiro atoms. The predicted molar refractivity (Wildman–Crippen MR) is 103 cm³/mol. The normalized spacial score (nSPS) is 14.6. The lowest BCUT2D eigenvalue weighted by atomic mass is 10.1. The molecule has 3 rings (SSSR count). The van der Waals surface area contributed by atoms with E-state index in [9.17, 15) is 9.18 Å². The van der Waals surface area contributed by atoms with E-state index in [1.165, 1.54) is 6.07 Å². The second-order valence-corrected chi connectivity index (χ2v) is 6.99. The van der Waals surface area contributed by atoms with Crippen LogP contribution in [0, 0.1) is 5.82 Å². The Morgan fingerprint density at radius 2 is 2.04 bits per heavy atom. The Bertz CT molecular complexity index is 797. The average Bonchev–Trinajstić information content (AvgIpc) is 3.12. The van der Waals surface area contributed by atoms with Crippen LogP contribution in [0.15, 0.2) is 24.3 Å². The Morgan fingerprint density at radius 1 is 1.30 bits per heavy atom. The summed E-state index contributed by atoms with van der Waals surface area (Å²) in [5.41, 5.74) is 2.73. The minimum Gasteiger partial charge on any atom is -0.378 e. The van der Waals surface area contributed by atoms with Gasteiger partial charge in [0.15, 0.2) is 0 Å². The lowest BCUT2D eigenvalue weighted by molar-refractivity contribution is 0.0940. The van der Waals surface area contributed by atoms with Crippen LogP contribution in [0.3, 0.4) is 0 Å². The van der Waals surface area contributed by atoms with E-state index in [4.69, 9.17) is 4.74 Å². The zero-order valence-electron chi connectivity index (χ0n) is 16.2. The summed E-state index contributed by atoms with van der Waals surface area (Å²) >= 11 is 0. The molecule has 1 aromatic heterocycles. The van der Waals surface area contributed by atoms with Crippen molar-refractivity contribution in [1.29, 1.82) is 0 Å². The standard InChI is InChI=1S/C20H27FN4O2/c1-4-25-19(12-17(23-25)14(2)3)20(26)22-13-15-5-6-18(16(21)11-15)24-7-9-27-10-8-24/h5-6,11-12,14H,4,7-10,13H2,1-3H3,(H,22,26). The fourth-order valence-corrected chi connectivity index (χ4v) is 3.14. The van der Waals surface area contributed by atoms with Crippen molar-refractivity contribution in [3.8, 4) is 0 Å². The number of benzene rings is 1. The lowest BCUT2D eigenvalue weighted by Crippen LogP contribution is -2.36. The van der Waals surface area contributed by atoms with E-state index in [1.54, 1.807) is 10.7 Å². The van der Waals surface area contributed by atoms with Crippen molar-refractivity contribution in [1.82, 2.24) is 15.1 Å². The molecule has 0 aliphatic carbocycles. The fourth-order valence-electron chi connectivity index (χ4n) is 3.14. The van der Waals surface area contributed by atoms with E-state index in [0.717, 1.165) is 11.3 Å². The third kappa shape index (κ3) is 4.47. The molecule has 0 bridgehead atoms. The summed E-state index contributed by atoms with van der Waals surface area (Å²) in [5.74, 6) is -0.218. The summed E-state index contributed by atoms with van der Waals surface area (Å²) in [4.78, 5) is 14.5. The molecule has 0 atom stereocenters. The van der Waals surface area contributed by atoms with Crippen LogP contribution in [-0.2, 0) is 17.8 Å². The van der Waals surface area contributed by atoms with Crippen LogP contribution in [0.25, 0.3) is 0 Å². The number of halogens is 1. The van der Waals surface area contributed by atoms with Crippen LogP contribution < -0.4 is 10.2 Å². The summed E-state index contributed by atoms with van der Waals surface area (Å²) < 4.78 is 21.5. The van der Waals surface area contributed by atoms with Crippen molar-refractivity contribution in [3.63, 3.8) is 0 Å². The molecule has 1 aliphatic heterocycles. The van der Waals surface area contributed by atoms with Crippen LogP contribution >= 0.6 is 0 Å². The quantitative estimate of drug-likeness (QED) is 0.845. The minimum absolute atomic E-state index is 0.200. The maximum Gasteiger partial charge on any atom is 0.269 e. The average molecular weight is 374 g/mol. The maximum atomic E-state index is 14.5. The number of carbonyl (C=O) groups is 1. The summed E-state index contributed by atoms with van der Waals surface area (Å²) in [6.07, 6.45) is 0. The van der Waals surface area contributed by atoms with Gasteiger partial charge in [0.2, 0.25) is 0 Å². The molecule has 7 heteroatoms. The van der Waals surface area contributed by atoms with Crippen molar-refractivity contribution in [2.75, 3.05) is 31.2 Å². The van der Waals surface area contributed by atoms with E-state index < -0.39 is 0 Å². The van der Waals surface area contributed by atoms with Crippen molar-refractivity contribution in [2.45, 2.75) is 39.8 Å². The third-order valence-corrected chi connectivity index (χ3v) is 4.74. The first kappa shape index (κ1) is 19.4. The monoisotopic (exact) mass is 374 g/mol. The molecule has 0 radical (unpaired) electrons. The molecule has 6 nitrogen and oxygen atoms in total. The maximum absolute atomic E-state index is 14.5. The van der Waals surface area contributed by atoms with Gasteiger partial charge in [-0.3, -0.25) is 9.48 Å². The summed E-state index contributed by atoms with van der Waals surface area (Å²) in [6, 6.07) is 6.94. The number of ether oxygens (including phenoxy) is 1. The van der Waals surface area contributed by atoms with Crippen LogP contribution in [0.4, 0.5) is 10.1 Å². The lowest BCUT2D eigenvalue weighted by Gasteiger charge is -2.29. The van der Waals surface area contributed by atoms with Crippen molar-refractivity contribution < 1.29 is 13.9 Å². The Labute approximate surface area is 159 Å². The highest BCUT2D eigenvalue weighted by molar-refractivity contribution is 5.92. The number of carbonyl (C=O) groups excluding carboxylic acids is 1. The smallest absolute Gasteiger partial charge is 0.269 e. The number of hydrogen-bond donors (Lipinski definition) is 1. The predicted octanol–water partition coefficient (Wildman–Crippen LogP) is 2.93. The van der Waals surface area contributed by atoms with E-state index in [0.29, 0.717) is 44.2 Å². The topological polar surface area (TPSA) is 59.4 Å². The van der Waals surface area contributed by atoms with Gasteiger partial charge in [0, 0.05) is 26.2 Å². The second-order valence-electron chi connectivity index (χ2n) is 6.99. The Hall–Kier alpha value is -2.41. The minimum atomic E-state index is -0.274. The molecular formula is C20H27FN4O2. The Balaban J connectivity index is 1.66. The van der Waals surface area contributed by atoms with Gasteiger partial charge in [-0.05, 0) is 36.6 Å². The molecule has 1 aliphatic rings. The first-order valence-electron chi connectivity index (χ1n) is 9.46. The van der Waals surface area contributed by atoms with Crippen LogP contribution in [-0.4, -0.2) is 42.0 Å². The molecular weight excluding hydrogens is 347 g/mol. The van der Waals surface area contributed by atoms with Crippen molar-refractivity contribution in [3.05, 3.63) is 47.0 Å². The second kappa shape index (κ2) is 8.52. The number of nitrogens with one attached hydrogen (secondary N) is 1. The summed E-state index contributed by atoms with van der Waals surface area (Å²) in [7, 11) is 0. The molecule has 2 heterocycles. The molecule has 27 heavy (non-hydrogen) atoms. The van der Waals surface area contributed by atoms with Gasteiger partial charge in [-0.1, -0.05) is 19.9 Å². The first-order valence-corrected chi connectivity index (χ1v) is 9.46. The molecule has 1 N–H and O–H groups in total. The van der Waals surface area contributed by atoms with Gasteiger partial charge in [-0.25, -0.2) is 4.39 Å². The number of nitrogens with zero attached hydrogens (tertiary/aromatic N) is 3. The van der Waals surface area contributed by atoms with E-state index in [1.807, 2.05) is 37.8 Å². The van der Waals surface area contributed by atoms with E-state index >= 15 is 0 Å². The van der Waals surface area contributed by atoms with Gasteiger partial charge >= 0.3 is 0 Å². The molecule has 0 unspecified atom stereocenters. The summed E-state index contributed by atoms with van der Waals surface area (Å²) in [6.45, 7) is 9.53. The molecule has 1 fully saturated rings. The number of hydrogen-bond acceptors (Lipinski definition) is 4. The van der Waals surface area contributed by atoms with Gasteiger partial charge in [-0.15, -0.1) is 0 Å². The zero-order valence-corrected chi connectivity index (χ0v) is 16.2. The van der Waals surface area contributed by atoms with Crippen LogP contribution in [0.5, 0.6) is 0 Å². The van der Waals surface area contributed by atoms with Gasteiger partial charge in [-0.2, -0.15) is 5.10 Å². The number of aryl methyl sites for hydroxylation is 1. The number of morpholine rings is 1. The van der Waals surface area contributed by atoms with Gasteiger partial charge in [0.1, 0.15) is 11.5 Å². The fraction of sp³-hybridized carbons (Fsp3) is 0.500. The first-order chi connectivity index (χ1) is 13.0. The highest BCUT2D eigenvalue weighted by atomic mass is 19.1. The molecule has 0 saturated carbocycles. The molecule has 1 saturated heterocycles. The van der Waals surface area contributed by atoms with E-state index in [2.05, 4.69) is 10.4 Å². The Kier molecular flexibility index (Phi) is 6.11. The van der Waals surface area contributed by atoms with Crippen LogP contribution in [0.2, 0.25) is 0 Å². The number of anilines is 1. The molecule has 1 aromatic carbocycles. The van der Waals surface area contributed by atoms with Gasteiger partial charge in [0.05, 0.1) is 24.6 Å². The van der Waals surface area contributed by atoms with Crippen molar-refractivity contribution >= 4 is 11.6 Å². The molecule has 1 amide bonds. The van der Waals surface area contributed by atoms with Gasteiger partial charge < -0.3 is 15.0 Å². The van der Waals surface area contributed by atoms with Gasteiger partial charge in [0.25, 0.3) is 5.91 Å². The highest BCUT2D eigenvalue weighted by Crippen LogP contribution is 2.22. The number of rotatable bonds is 6. The SMILES string of the molecule is CCn1nc(C(C)C)cc1C(=O)NCc1ccc(N2CCOCC2)c(F)c1. The van der Waals surface area contributed by atoms with Crippen molar-refractivity contribution in [2.24, 2.45) is 0 Å².